The molecule has 1 saturated heterocycles. The minimum atomic E-state index is 0.408. The highest BCUT2D eigenvalue weighted by Crippen LogP contribution is 2.50. The molecule has 0 bridgehead atoms. The van der Waals surface area contributed by atoms with Gasteiger partial charge in [0, 0.05) is 12.6 Å². The van der Waals surface area contributed by atoms with Crippen molar-refractivity contribution in [3.63, 3.8) is 0 Å². The Hall–Kier alpha value is -0.0400. The fourth-order valence-corrected chi connectivity index (χ4v) is 2.64. The standard InChI is InChI=1S/C12H25N/c1-9-10(2)13(7)8-12(9,6)11(3,4)5/h9-10H,8H2,1-7H3. The van der Waals surface area contributed by atoms with Crippen molar-refractivity contribution in [1.29, 1.82) is 0 Å². The summed E-state index contributed by atoms with van der Waals surface area (Å²) in [4.78, 5) is 2.50. The van der Waals surface area contributed by atoms with Crippen molar-refractivity contribution in [3.8, 4) is 0 Å². The van der Waals surface area contributed by atoms with Crippen molar-refractivity contribution < 1.29 is 0 Å². The van der Waals surface area contributed by atoms with Crippen LogP contribution in [0.2, 0.25) is 0 Å². The van der Waals surface area contributed by atoms with E-state index in [0.29, 0.717) is 10.8 Å². The van der Waals surface area contributed by atoms with Crippen LogP contribution in [-0.4, -0.2) is 24.5 Å². The predicted octanol–water partition coefficient (Wildman–Crippen LogP) is 3.01. The molecule has 1 fully saturated rings. The first-order chi connectivity index (χ1) is 5.70. The van der Waals surface area contributed by atoms with E-state index in [4.69, 9.17) is 0 Å². The Bertz CT molecular complexity index is 192. The number of likely N-dealkylation sites (tertiary alicyclic amines) is 1. The highest BCUT2D eigenvalue weighted by molar-refractivity contribution is 5.01. The lowest BCUT2D eigenvalue weighted by molar-refractivity contribution is 0.0771. The summed E-state index contributed by atoms with van der Waals surface area (Å²) in [7, 11) is 2.25. The van der Waals surface area contributed by atoms with Gasteiger partial charge >= 0.3 is 0 Å². The third kappa shape index (κ3) is 1.52. The highest BCUT2D eigenvalue weighted by Gasteiger charge is 2.50. The second kappa shape index (κ2) is 2.98. The summed E-state index contributed by atoms with van der Waals surface area (Å²) in [6.45, 7) is 15.5. The van der Waals surface area contributed by atoms with Crippen LogP contribution in [0.25, 0.3) is 0 Å². The van der Waals surface area contributed by atoms with E-state index < -0.39 is 0 Å². The maximum atomic E-state index is 2.50. The smallest absolute Gasteiger partial charge is 0.00956 e. The maximum Gasteiger partial charge on any atom is 0.00956 e. The van der Waals surface area contributed by atoms with Crippen LogP contribution < -0.4 is 0 Å². The zero-order chi connectivity index (χ0) is 10.4. The molecule has 1 aliphatic heterocycles. The summed E-state index contributed by atoms with van der Waals surface area (Å²) in [5, 5.41) is 0. The first-order valence-corrected chi connectivity index (χ1v) is 5.40. The first kappa shape index (κ1) is 11.0. The fourth-order valence-electron chi connectivity index (χ4n) is 2.64. The lowest BCUT2D eigenvalue weighted by Crippen LogP contribution is -2.39. The predicted molar refractivity (Wildman–Crippen MR) is 58.8 cm³/mol. The minimum absolute atomic E-state index is 0.408. The largest absolute Gasteiger partial charge is 0.303 e. The molecule has 1 heteroatoms. The summed E-state index contributed by atoms with van der Waals surface area (Å²) < 4.78 is 0. The Balaban J connectivity index is 2.94. The molecule has 1 nitrogen and oxygen atoms in total. The monoisotopic (exact) mass is 183 g/mol. The summed E-state index contributed by atoms with van der Waals surface area (Å²) in [5.41, 5.74) is 0.868. The van der Waals surface area contributed by atoms with E-state index >= 15 is 0 Å². The van der Waals surface area contributed by atoms with Gasteiger partial charge in [-0.15, -0.1) is 0 Å². The van der Waals surface area contributed by atoms with E-state index in [1.807, 2.05) is 0 Å². The maximum absolute atomic E-state index is 2.50. The van der Waals surface area contributed by atoms with Gasteiger partial charge in [0.1, 0.15) is 0 Å². The van der Waals surface area contributed by atoms with Gasteiger partial charge in [-0.2, -0.15) is 0 Å². The molecule has 0 aliphatic carbocycles. The molecule has 3 atom stereocenters. The van der Waals surface area contributed by atoms with E-state index in [-0.39, 0.29) is 0 Å². The van der Waals surface area contributed by atoms with Crippen molar-refractivity contribution in [2.45, 2.75) is 47.6 Å². The van der Waals surface area contributed by atoms with Gasteiger partial charge in [-0.3, -0.25) is 0 Å². The molecule has 0 aromatic carbocycles. The molecule has 0 radical (unpaired) electrons. The molecule has 0 saturated carbocycles. The lowest BCUT2D eigenvalue weighted by atomic mass is 9.62. The van der Waals surface area contributed by atoms with Gasteiger partial charge in [0.25, 0.3) is 0 Å². The van der Waals surface area contributed by atoms with Gasteiger partial charge < -0.3 is 4.90 Å². The number of hydrogen-bond acceptors (Lipinski definition) is 1. The summed E-state index contributed by atoms with van der Waals surface area (Å²) >= 11 is 0. The minimum Gasteiger partial charge on any atom is -0.303 e. The summed E-state index contributed by atoms with van der Waals surface area (Å²) in [5.74, 6) is 0.789. The quantitative estimate of drug-likeness (QED) is 0.558. The summed E-state index contributed by atoms with van der Waals surface area (Å²) in [6.07, 6.45) is 0. The van der Waals surface area contributed by atoms with Crippen LogP contribution in [0, 0.1) is 16.7 Å². The van der Waals surface area contributed by atoms with E-state index in [2.05, 4.69) is 53.5 Å². The highest BCUT2D eigenvalue weighted by atomic mass is 15.2. The molecule has 0 N–H and O–H groups in total. The van der Waals surface area contributed by atoms with E-state index in [1.165, 1.54) is 6.54 Å². The molecule has 1 rings (SSSR count). The second-order valence-corrected chi connectivity index (χ2v) is 6.11. The van der Waals surface area contributed by atoms with Gasteiger partial charge in [-0.1, -0.05) is 34.6 Å². The van der Waals surface area contributed by atoms with Crippen molar-refractivity contribution in [2.75, 3.05) is 13.6 Å². The van der Waals surface area contributed by atoms with Crippen LogP contribution in [0.4, 0.5) is 0 Å². The molecule has 0 spiro atoms. The van der Waals surface area contributed by atoms with Crippen molar-refractivity contribution in [2.24, 2.45) is 16.7 Å². The van der Waals surface area contributed by atoms with Gasteiger partial charge in [-0.05, 0) is 30.7 Å². The van der Waals surface area contributed by atoms with Crippen LogP contribution in [0.3, 0.4) is 0 Å². The average Bonchev–Trinajstić information content (AvgIpc) is 2.15. The van der Waals surface area contributed by atoms with Crippen LogP contribution in [-0.2, 0) is 0 Å². The Morgan fingerprint density at radius 1 is 1.23 bits per heavy atom. The second-order valence-electron chi connectivity index (χ2n) is 6.11. The van der Waals surface area contributed by atoms with Crippen molar-refractivity contribution >= 4 is 0 Å². The van der Waals surface area contributed by atoms with Gasteiger partial charge in [0.05, 0.1) is 0 Å². The molecular weight excluding hydrogens is 158 g/mol. The SMILES string of the molecule is CC1C(C)C(C)(C(C)(C)C)CN1C. The van der Waals surface area contributed by atoms with E-state index in [9.17, 15) is 0 Å². The van der Waals surface area contributed by atoms with Crippen LogP contribution >= 0.6 is 0 Å². The fraction of sp³-hybridized carbons (Fsp3) is 1.00. The van der Waals surface area contributed by atoms with Crippen molar-refractivity contribution in [3.05, 3.63) is 0 Å². The molecule has 3 unspecified atom stereocenters. The van der Waals surface area contributed by atoms with Crippen molar-refractivity contribution in [1.82, 2.24) is 4.90 Å². The number of rotatable bonds is 0. The third-order valence-electron chi connectivity index (χ3n) is 4.72. The number of hydrogen-bond donors (Lipinski definition) is 0. The molecule has 78 valence electrons. The van der Waals surface area contributed by atoms with Crippen LogP contribution in [0.1, 0.15) is 41.5 Å². The zero-order valence-electron chi connectivity index (χ0n) is 10.3. The normalized spacial score (nSPS) is 42.7. The topological polar surface area (TPSA) is 3.24 Å². The van der Waals surface area contributed by atoms with Crippen LogP contribution in [0.15, 0.2) is 0 Å². The van der Waals surface area contributed by atoms with Gasteiger partial charge in [0.15, 0.2) is 0 Å². The molecule has 0 aromatic rings. The summed E-state index contributed by atoms with van der Waals surface area (Å²) in [6, 6.07) is 0.726. The van der Waals surface area contributed by atoms with E-state index in [0.717, 1.165) is 12.0 Å². The van der Waals surface area contributed by atoms with Gasteiger partial charge in [0.2, 0.25) is 0 Å². The molecule has 1 heterocycles. The lowest BCUT2D eigenvalue weighted by Gasteiger charge is -2.42. The Kier molecular flexibility index (Phi) is 2.53. The molecule has 0 amide bonds. The third-order valence-corrected chi connectivity index (χ3v) is 4.72. The first-order valence-electron chi connectivity index (χ1n) is 5.40. The average molecular weight is 183 g/mol. The molecule has 13 heavy (non-hydrogen) atoms. The molecule has 1 aliphatic rings. The Labute approximate surface area is 83.5 Å². The van der Waals surface area contributed by atoms with E-state index in [1.54, 1.807) is 0 Å². The van der Waals surface area contributed by atoms with Crippen LogP contribution in [0.5, 0.6) is 0 Å². The van der Waals surface area contributed by atoms with Gasteiger partial charge in [-0.25, -0.2) is 0 Å². The number of nitrogens with zero attached hydrogens (tertiary/aromatic N) is 1. The molecular formula is C12H25N. The Morgan fingerprint density at radius 3 is 1.85 bits per heavy atom. The molecule has 0 aromatic heterocycles. The Morgan fingerprint density at radius 2 is 1.69 bits per heavy atom. The zero-order valence-corrected chi connectivity index (χ0v) is 10.3.